The SMILES string of the molecule is C[C@H](OS(C)(=O)=O)C1CCN(C(=O)OC(C)(C)C)CC1. The zero-order chi connectivity index (χ0) is 15.6. The van der Waals surface area contributed by atoms with E-state index < -0.39 is 15.7 Å². The van der Waals surface area contributed by atoms with Crippen molar-refractivity contribution in [3.63, 3.8) is 0 Å². The number of likely N-dealkylation sites (tertiary alicyclic amines) is 1. The zero-order valence-electron chi connectivity index (χ0n) is 12.9. The second-order valence-corrected chi connectivity index (χ2v) is 7.91. The molecule has 0 unspecified atom stereocenters. The standard InChI is InChI=1S/C13H25NO5S/c1-10(19-20(5,16)17)11-6-8-14(9-7-11)12(15)18-13(2,3)4/h10-11H,6-9H2,1-5H3/t10-/m0/s1. The van der Waals surface area contributed by atoms with Gasteiger partial charge >= 0.3 is 6.09 Å². The van der Waals surface area contributed by atoms with Crippen LogP contribution in [0.15, 0.2) is 0 Å². The maximum atomic E-state index is 11.9. The van der Waals surface area contributed by atoms with E-state index in [0.29, 0.717) is 13.1 Å². The quantitative estimate of drug-likeness (QED) is 0.746. The first-order valence-electron chi connectivity index (χ1n) is 6.84. The normalized spacial score (nSPS) is 19.8. The lowest BCUT2D eigenvalue weighted by atomic mass is 9.92. The minimum atomic E-state index is -3.43. The lowest BCUT2D eigenvalue weighted by Crippen LogP contribution is -2.43. The van der Waals surface area contributed by atoms with Crippen LogP contribution >= 0.6 is 0 Å². The molecule has 0 aliphatic carbocycles. The molecule has 0 radical (unpaired) electrons. The van der Waals surface area contributed by atoms with E-state index in [1.54, 1.807) is 11.8 Å². The van der Waals surface area contributed by atoms with Gasteiger partial charge in [-0.2, -0.15) is 8.42 Å². The summed E-state index contributed by atoms with van der Waals surface area (Å²) in [5.41, 5.74) is -0.499. The van der Waals surface area contributed by atoms with Crippen LogP contribution in [0.4, 0.5) is 4.79 Å². The zero-order valence-corrected chi connectivity index (χ0v) is 13.7. The van der Waals surface area contributed by atoms with Gasteiger partial charge in [0.05, 0.1) is 12.4 Å². The Morgan fingerprint density at radius 2 is 1.75 bits per heavy atom. The molecule has 20 heavy (non-hydrogen) atoms. The third-order valence-corrected chi connectivity index (χ3v) is 3.83. The molecule has 118 valence electrons. The van der Waals surface area contributed by atoms with Gasteiger partial charge < -0.3 is 9.64 Å². The molecule has 0 aromatic heterocycles. The van der Waals surface area contributed by atoms with E-state index in [4.69, 9.17) is 8.92 Å². The molecule has 0 aromatic rings. The fourth-order valence-corrected chi connectivity index (χ4v) is 2.94. The van der Waals surface area contributed by atoms with Gasteiger partial charge in [0.1, 0.15) is 5.60 Å². The van der Waals surface area contributed by atoms with Crippen molar-refractivity contribution in [2.24, 2.45) is 5.92 Å². The third kappa shape index (κ3) is 6.09. The van der Waals surface area contributed by atoms with E-state index in [2.05, 4.69) is 0 Å². The van der Waals surface area contributed by atoms with Crippen LogP contribution in [-0.4, -0.2) is 50.5 Å². The molecule has 1 heterocycles. The number of rotatable bonds is 3. The minimum Gasteiger partial charge on any atom is -0.444 e. The molecule has 1 aliphatic heterocycles. The van der Waals surface area contributed by atoms with Crippen LogP contribution < -0.4 is 0 Å². The summed E-state index contributed by atoms with van der Waals surface area (Å²) in [6, 6.07) is 0. The van der Waals surface area contributed by atoms with Crippen molar-refractivity contribution in [3.8, 4) is 0 Å². The molecule has 0 aromatic carbocycles. The van der Waals surface area contributed by atoms with Gasteiger partial charge in [0.2, 0.25) is 0 Å². The summed E-state index contributed by atoms with van der Waals surface area (Å²) in [4.78, 5) is 13.6. The van der Waals surface area contributed by atoms with Crippen molar-refractivity contribution >= 4 is 16.2 Å². The number of nitrogens with zero attached hydrogens (tertiary/aromatic N) is 1. The number of hydrogen-bond donors (Lipinski definition) is 0. The van der Waals surface area contributed by atoms with E-state index in [1.807, 2.05) is 20.8 Å². The summed E-state index contributed by atoms with van der Waals surface area (Å²) < 4.78 is 32.5. The average molecular weight is 307 g/mol. The third-order valence-electron chi connectivity index (χ3n) is 3.18. The molecule has 0 spiro atoms. The highest BCUT2D eigenvalue weighted by molar-refractivity contribution is 7.86. The molecule has 1 amide bonds. The van der Waals surface area contributed by atoms with Gasteiger partial charge in [0, 0.05) is 13.1 Å². The maximum Gasteiger partial charge on any atom is 0.410 e. The van der Waals surface area contributed by atoms with Crippen molar-refractivity contribution < 1.29 is 22.1 Å². The Bertz CT molecular complexity index is 432. The number of ether oxygens (including phenoxy) is 1. The summed E-state index contributed by atoms with van der Waals surface area (Å²) in [5.74, 6) is 0.142. The van der Waals surface area contributed by atoms with Gasteiger partial charge in [-0.25, -0.2) is 4.79 Å². The summed E-state index contributed by atoms with van der Waals surface area (Å²) in [5, 5.41) is 0. The smallest absolute Gasteiger partial charge is 0.410 e. The topological polar surface area (TPSA) is 72.9 Å². The molecule has 0 saturated carbocycles. The Morgan fingerprint density at radius 1 is 1.25 bits per heavy atom. The monoisotopic (exact) mass is 307 g/mol. The first-order chi connectivity index (χ1) is 8.98. The average Bonchev–Trinajstić information content (AvgIpc) is 2.24. The maximum absolute atomic E-state index is 11.9. The first-order valence-corrected chi connectivity index (χ1v) is 8.66. The van der Waals surface area contributed by atoms with Crippen molar-refractivity contribution in [1.82, 2.24) is 4.90 Å². The molecule has 1 atom stereocenters. The second-order valence-electron chi connectivity index (χ2n) is 6.31. The predicted molar refractivity (Wildman–Crippen MR) is 75.9 cm³/mol. The van der Waals surface area contributed by atoms with Crippen LogP contribution in [0.2, 0.25) is 0 Å². The van der Waals surface area contributed by atoms with Crippen molar-refractivity contribution in [1.29, 1.82) is 0 Å². The number of amides is 1. The Kier molecular flexibility index (Phi) is 5.43. The van der Waals surface area contributed by atoms with Gasteiger partial charge in [-0.15, -0.1) is 0 Å². The highest BCUT2D eigenvalue weighted by Crippen LogP contribution is 2.24. The van der Waals surface area contributed by atoms with Gasteiger partial charge in [-0.1, -0.05) is 0 Å². The van der Waals surface area contributed by atoms with Gasteiger partial charge in [0.25, 0.3) is 10.1 Å². The summed E-state index contributed by atoms with van der Waals surface area (Å²) in [6.45, 7) is 8.39. The summed E-state index contributed by atoms with van der Waals surface area (Å²) >= 11 is 0. The number of carbonyl (C=O) groups is 1. The minimum absolute atomic E-state index is 0.142. The Balaban J connectivity index is 2.46. The van der Waals surface area contributed by atoms with E-state index in [9.17, 15) is 13.2 Å². The molecule has 1 rings (SSSR count). The second kappa shape index (κ2) is 6.30. The Labute approximate surface area is 121 Å². The van der Waals surface area contributed by atoms with Crippen molar-refractivity contribution in [3.05, 3.63) is 0 Å². The van der Waals surface area contributed by atoms with E-state index in [0.717, 1.165) is 19.1 Å². The van der Waals surface area contributed by atoms with Crippen LogP contribution in [0.1, 0.15) is 40.5 Å². The largest absolute Gasteiger partial charge is 0.444 e. The number of hydrogen-bond acceptors (Lipinski definition) is 5. The molecule has 6 nitrogen and oxygen atoms in total. The Morgan fingerprint density at radius 3 is 2.15 bits per heavy atom. The van der Waals surface area contributed by atoms with Crippen molar-refractivity contribution in [2.45, 2.75) is 52.2 Å². The molecule has 1 aliphatic rings. The predicted octanol–water partition coefficient (Wildman–Crippen LogP) is 2.00. The van der Waals surface area contributed by atoms with E-state index in [-0.39, 0.29) is 18.1 Å². The molecule has 7 heteroatoms. The number of carbonyl (C=O) groups excluding carboxylic acids is 1. The van der Waals surface area contributed by atoms with E-state index in [1.165, 1.54) is 0 Å². The van der Waals surface area contributed by atoms with Crippen LogP contribution in [0, 0.1) is 5.92 Å². The summed E-state index contributed by atoms with van der Waals surface area (Å²) in [7, 11) is -3.43. The van der Waals surface area contributed by atoms with Gasteiger partial charge in [-0.3, -0.25) is 4.18 Å². The molecule has 1 fully saturated rings. The van der Waals surface area contributed by atoms with E-state index >= 15 is 0 Å². The number of piperidine rings is 1. The fraction of sp³-hybridized carbons (Fsp3) is 0.923. The van der Waals surface area contributed by atoms with Gasteiger partial charge in [-0.05, 0) is 46.5 Å². The molecule has 0 bridgehead atoms. The Hall–Kier alpha value is -0.820. The van der Waals surface area contributed by atoms with Crippen molar-refractivity contribution in [2.75, 3.05) is 19.3 Å². The lowest BCUT2D eigenvalue weighted by Gasteiger charge is -2.35. The lowest BCUT2D eigenvalue weighted by molar-refractivity contribution is 0.0125. The van der Waals surface area contributed by atoms with Crippen LogP contribution in [0.3, 0.4) is 0 Å². The fourth-order valence-electron chi connectivity index (χ4n) is 2.23. The first kappa shape index (κ1) is 17.2. The van der Waals surface area contributed by atoms with Crippen LogP contribution in [0.25, 0.3) is 0 Å². The highest BCUT2D eigenvalue weighted by Gasteiger charge is 2.30. The molecule has 0 N–H and O–H groups in total. The highest BCUT2D eigenvalue weighted by atomic mass is 32.2. The molecular weight excluding hydrogens is 282 g/mol. The van der Waals surface area contributed by atoms with Crippen LogP contribution in [-0.2, 0) is 19.0 Å². The summed E-state index contributed by atoms with van der Waals surface area (Å²) in [6.07, 6.45) is 1.82. The van der Waals surface area contributed by atoms with Crippen LogP contribution in [0.5, 0.6) is 0 Å². The molecular formula is C13H25NO5S. The van der Waals surface area contributed by atoms with Gasteiger partial charge in [0.15, 0.2) is 0 Å². The molecule has 1 saturated heterocycles.